The number of hydrogen-bond donors (Lipinski definition) is 2. The van der Waals surface area contributed by atoms with Crippen molar-refractivity contribution >= 4 is 30.1 Å². The second kappa shape index (κ2) is 9.33. The van der Waals surface area contributed by atoms with Crippen LogP contribution in [0.2, 0.25) is 0 Å². The van der Waals surface area contributed by atoms with Crippen LogP contribution in [0.25, 0.3) is 0 Å². The van der Waals surface area contributed by atoms with Gasteiger partial charge in [-0.15, -0.1) is 24.2 Å². The molecule has 1 rings (SSSR count). The SMILES string of the molecule is CNCCNC(=O)CSc1ccc(C)cc1.Cl. The van der Waals surface area contributed by atoms with E-state index in [4.69, 9.17) is 0 Å². The average molecular weight is 275 g/mol. The van der Waals surface area contributed by atoms with Gasteiger partial charge < -0.3 is 10.6 Å². The summed E-state index contributed by atoms with van der Waals surface area (Å²) in [5.74, 6) is 0.563. The van der Waals surface area contributed by atoms with Crippen LogP contribution >= 0.6 is 24.2 Å². The molecule has 2 N–H and O–H groups in total. The van der Waals surface area contributed by atoms with Gasteiger partial charge in [-0.2, -0.15) is 0 Å². The molecule has 0 radical (unpaired) electrons. The molecule has 0 saturated carbocycles. The van der Waals surface area contributed by atoms with E-state index in [2.05, 4.69) is 29.7 Å². The van der Waals surface area contributed by atoms with Gasteiger partial charge in [0.05, 0.1) is 5.75 Å². The lowest BCUT2D eigenvalue weighted by molar-refractivity contribution is -0.118. The van der Waals surface area contributed by atoms with Crippen LogP contribution in [0.1, 0.15) is 5.56 Å². The van der Waals surface area contributed by atoms with Gasteiger partial charge in [-0.1, -0.05) is 17.7 Å². The van der Waals surface area contributed by atoms with Crippen LogP contribution in [-0.4, -0.2) is 31.8 Å². The van der Waals surface area contributed by atoms with Gasteiger partial charge in [0.1, 0.15) is 0 Å². The molecule has 0 saturated heterocycles. The summed E-state index contributed by atoms with van der Waals surface area (Å²) < 4.78 is 0. The summed E-state index contributed by atoms with van der Waals surface area (Å²) in [6.45, 7) is 3.55. The van der Waals surface area contributed by atoms with Crippen molar-refractivity contribution in [2.24, 2.45) is 0 Å². The molecule has 1 amide bonds. The Balaban J connectivity index is 0.00000256. The van der Waals surface area contributed by atoms with Crippen LogP contribution in [0.5, 0.6) is 0 Å². The van der Waals surface area contributed by atoms with Crippen molar-refractivity contribution in [2.45, 2.75) is 11.8 Å². The van der Waals surface area contributed by atoms with Gasteiger partial charge in [0.2, 0.25) is 5.91 Å². The van der Waals surface area contributed by atoms with E-state index in [0.29, 0.717) is 12.3 Å². The number of aryl methyl sites for hydroxylation is 1. The topological polar surface area (TPSA) is 41.1 Å². The third-order valence-corrected chi connectivity index (χ3v) is 3.10. The third kappa shape index (κ3) is 7.26. The number of rotatable bonds is 6. The summed E-state index contributed by atoms with van der Waals surface area (Å²) >= 11 is 1.56. The van der Waals surface area contributed by atoms with Crippen molar-refractivity contribution in [3.05, 3.63) is 29.8 Å². The van der Waals surface area contributed by atoms with Gasteiger partial charge in [0, 0.05) is 18.0 Å². The maximum atomic E-state index is 11.4. The van der Waals surface area contributed by atoms with E-state index in [-0.39, 0.29) is 18.3 Å². The Morgan fingerprint density at radius 2 is 1.88 bits per heavy atom. The van der Waals surface area contributed by atoms with Gasteiger partial charge in [-0.3, -0.25) is 4.79 Å². The van der Waals surface area contributed by atoms with Crippen LogP contribution in [0, 0.1) is 6.92 Å². The van der Waals surface area contributed by atoms with E-state index in [1.165, 1.54) is 5.56 Å². The molecule has 17 heavy (non-hydrogen) atoms. The highest BCUT2D eigenvalue weighted by atomic mass is 35.5. The highest BCUT2D eigenvalue weighted by molar-refractivity contribution is 8.00. The molecular weight excluding hydrogens is 256 g/mol. The number of likely N-dealkylation sites (N-methyl/N-ethyl adjacent to an activating group) is 1. The van der Waals surface area contributed by atoms with Crippen LogP contribution in [0.3, 0.4) is 0 Å². The lowest BCUT2D eigenvalue weighted by Crippen LogP contribution is -2.31. The molecule has 0 fully saturated rings. The molecular formula is C12H19ClN2OS. The molecule has 3 nitrogen and oxygen atoms in total. The van der Waals surface area contributed by atoms with Crippen LogP contribution in [0.4, 0.5) is 0 Å². The van der Waals surface area contributed by atoms with E-state index in [9.17, 15) is 4.79 Å². The number of hydrogen-bond acceptors (Lipinski definition) is 3. The second-order valence-corrected chi connectivity index (χ2v) is 4.60. The number of benzene rings is 1. The van der Waals surface area contributed by atoms with Crippen LogP contribution in [0.15, 0.2) is 29.2 Å². The predicted octanol–water partition coefficient (Wildman–Crippen LogP) is 1.84. The first-order valence-corrected chi connectivity index (χ1v) is 6.31. The fraction of sp³-hybridized carbons (Fsp3) is 0.417. The molecule has 0 aliphatic rings. The first-order valence-electron chi connectivity index (χ1n) is 5.33. The highest BCUT2D eigenvalue weighted by Crippen LogP contribution is 2.17. The minimum Gasteiger partial charge on any atom is -0.354 e. The van der Waals surface area contributed by atoms with Crippen molar-refractivity contribution < 1.29 is 4.79 Å². The predicted molar refractivity (Wildman–Crippen MR) is 76.1 cm³/mol. The Kier molecular flexibility index (Phi) is 8.94. The molecule has 0 aliphatic carbocycles. The first-order chi connectivity index (χ1) is 7.72. The van der Waals surface area contributed by atoms with E-state index >= 15 is 0 Å². The van der Waals surface area contributed by atoms with Crippen molar-refractivity contribution in [2.75, 3.05) is 25.9 Å². The highest BCUT2D eigenvalue weighted by Gasteiger charge is 2.01. The quantitative estimate of drug-likeness (QED) is 0.614. The molecule has 0 atom stereocenters. The number of thioether (sulfide) groups is 1. The van der Waals surface area contributed by atoms with E-state index in [1.54, 1.807) is 11.8 Å². The molecule has 0 unspecified atom stereocenters. The van der Waals surface area contributed by atoms with Gasteiger partial charge in [0.25, 0.3) is 0 Å². The summed E-state index contributed by atoms with van der Waals surface area (Å²) in [7, 11) is 1.87. The van der Waals surface area contributed by atoms with Crippen molar-refractivity contribution in [3.8, 4) is 0 Å². The lowest BCUT2D eigenvalue weighted by Gasteiger charge is -2.04. The van der Waals surface area contributed by atoms with Crippen LogP contribution < -0.4 is 10.6 Å². The van der Waals surface area contributed by atoms with Crippen molar-refractivity contribution in [3.63, 3.8) is 0 Å². The largest absolute Gasteiger partial charge is 0.354 e. The first kappa shape index (κ1) is 16.3. The molecule has 0 spiro atoms. The minimum absolute atomic E-state index is 0. The van der Waals surface area contributed by atoms with Gasteiger partial charge in [-0.25, -0.2) is 0 Å². The van der Waals surface area contributed by atoms with Gasteiger partial charge >= 0.3 is 0 Å². The van der Waals surface area contributed by atoms with E-state index in [1.807, 2.05) is 19.2 Å². The normalized spacial score (nSPS) is 9.53. The smallest absolute Gasteiger partial charge is 0.230 e. The average Bonchev–Trinajstić information content (AvgIpc) is 2.29. The Hall–Kier alpha value is -0.710. The maximum Gasteiger partial charge on any atom is 0.230 e. The zero-order chi connectivity index (χ0) is 11.8. The lowest BCUT2D eigenvalue weighted by atomic mass is 10.2. The zero-order valence-corrected chi connectivity index (χ0v) is 11.8. The Morgan fingerprint density at radius 3 is 2.47 bits per heavy atom. The molecule has 0 heterocycles. The summed E-state index contributed by atoms with van der Waals surface area (Å²) in [6.07, 6.45) is 0. The van der Waals surface area contributed by atoms with Crippen molar-refractivity contribution in [1.82, 2.24) is 10.6 Å². The molecule has 1 aromatic carbocycles. The summed E-state index contributed by atoms with van der Waals surface area (Å²) in [5.41, 5.74) is 1.24. The van der Waals surface area contributed by atoms with Gasteiger partial charge in [0.15, 0.2) is 0 Å². The minimum atomic E-state index is 0. The monoisotopic (exact) mass is 274 g/mol. The molecule has 0 aromatic heterocycles. The number of carbonyl (C=O) groups is 1. The second-order valence-electron chi connectivity index (χ2n) is 3.56. The molecule has 0 aliphatic heterocycles. The summed E-state index contributed by atoms with van der Waals surface area (Å²) in [4.78, 5) is 12.5. The number of nitrogens with one attached hydrogen (secondary N) is 2. The number of halogens is 1. The fourth-order valence-corrected chi connectivity index (χ4v) is 1.89. The Labute approximate surface area is 113 Å². The maximum absolute atomic E-state index is 11.4. The van der Waals surface area contributed by atoms with E-state index in [0.717, 1.165) is 11.4 Å². The number of amides is 1. The fourth-order valence-electron chi connectivity index (χ4n) is 1.16. The third-order valence-electron chi connectivity index (χ3n) is 2.09. The van der Waals surface area contributed by atoms with Crippen LogP contribution in [-0.2, 0) is 4.79 Å². The zero-order valence-electron chi connectivity index (χ0n) is 10.2. The Bertz CT molecular complexity index is 330. The Morgan fingerprint density at radius 1 is 1.24 bits per heavy atom. The molecule has 0 bridgehead atoms. The molecule has 96 valence electrons. The standard InChI is InChI=1S/C12H18N2OS.ClH/c1-10-3-5-11(6-4-10)16-9-12(15)14-8-7-13-2;/h3-6,13H,7-9H2,1-2H3,(H,14,15);1H. The van der Waals surface area contributed by atoms with Gasteiger partial charge in [-0.05, 0) is 26.1 Å². The number of carbonyl (C=O) groups excluding carboxylic acids is 1. The molecule has 1 aromatic rings. The summed E-state index contributed by atoms with van der Waals surface area (Å²) in [6, 6.07) is 8.20. The molecule has 5 heteroatoms. The summed E-state index contributed by atoms with van der Waals surface area (Å²) in [5, 5.41) is 5.82. The van der Waals surface area contributed by atoms with Crippen molar-refractivity contribution in [1.29, 1.82) is 0 Å². The van der Waals surface area contributed by atoms with E-state index < -0.39 is 0 Å².